The monoisotopic (exact) mass is 314 g/mol. The average Bonchev–Trinajstić information content (AvgIpc) is 3.15. The molecule has 3 aromatic rings. The fourth-order valence-corrected chi connectivity index (χ4v) is 4.09. The van der Waals surface area contributed by atoms with E-state index in [1.165, 1.54) is 0 Å². The van der Waals surface area contributed by atoms with Crippen LogP contribution >= 0.6 is 11.3 Å². The minimum Gasteiger partial charge on any atom is -0.369 e. The molecule has 1 aliphatic heterocycles. The Balaban J connectivity index is 1.79. The summed E-state index contributed by atoms with van der Waals surface area (Å²) in [5.41, 5.74) is 9.08. The summed E-state index contributed by atoms with van der Waals surface area (Å²) in [5.74, 6) is 1.36. The third-order valence-corrected chi connectivity index (χ3v) is 4.99. The van der Waals surface area contributed by atoms with E-state index in [0.29, 0.717) is 5.95 Å². The maximum atomic E-state index is 6.03. The summed E-state index contributed by atoms with van der Waals surface area (Å²) in [6.45, 7) is 4.97. The Bertz CT molecular complexity index is 816. The summed E-state index contributed by atoms with van der Waals surface area (Å²) in [5, 5.41) is 2.05. The van der Waals surface area contributed by atoms with Gasteiger partial charge in [-0.1, -0.05) is 0 Å². The Morgan fingerprint density at radius 3 is 2.77 bits per heavy atom. The van der Waals surface area contributed by atoms with Crippen LogP contribution in [0.5, 0.6) is 0 Å². The summed E-state index contributed by atoms with van der Waals surface area (Å²) in [4.78, 5) is 17.2. The quantitative estimate of drug-likeness (QED) is 0.787. The number of aromatic nitrogens is 4. The van der Waals surface area contributed by atoms with E-state index < -0.39 is 0 Å². The largest absolute Gasteiger partial charge is 0.369 e. The molecule has 1 atom stereocenters. The zero-order valence-electron chi connectivity index (χ0n) is 12.7. The first-order valence-electron chi connectivity index (χ1n) is 7.43. The van der Waals surface area contributed by atoms with E-state index in [0.717, 1.165) is 47.2 Å². The molecule has 6 nitrogen and oxygen atoms in total. The predicted octanol–water partition coefficient (Wildman–Crippen LogP) is 2.73. The summed E-state index contributed by atoms with van der Waals surface area (Å²) in [6, 6.07) is 2.20. The van der Waals surface area contributed by atoms with Gasteiger partial charge in [0.1, 0.15) is 10.5 Å². The fraction of sp³-hybridized carbons (Fsp3) is 0.400. The molecule has 0 spiro atoms. The number of imidazole rings is 1. The van der Waals surface area contributed by atoms with E-state index in [4.69, 9.17) is 5.73 Å². The van der Waals surface area contributed by atoms with Crippen molar-refractivity contribution in [2.24, 2.45) is 0 Å². The zero-order valence-corrected chi connectivity index (χ0v) is 13.5. The molecule has 2 N–H and O–H groups in total. The van der Waals surface area contributed by atoms with Crippen molar-refractivity contribution in [1.29, 1.82) is 0 Å². The lowest BCUT2D eigenvalue weighted by molar-refractivity contribution is 0.687. The molecule has 0 aliphatic carbocycles. The van der Waals surface area contributed by atoms with Crippen molar-refractivity contribution in [3.05, 3.63) is 34.7 Å². The maximum absolute atomic E-state index is 6.03. The normalized spacial score (nSPS) is 18.5. The van der Waals surface area contributed by atoms with E-state index in [1.807, 2.05) is 35.9 Å². The van der Waals surface area contributed by atoms with Gasteiger partial charge < -0.3 is 10.6 Å². The number of nitrogens with two attached hydrogens (primary N) is 1. The van der Waals surface area contributed by atoms with Gasteiger partial charge in [0.2, 0.25) is 11.9 Å². The van der Waals surface area contributed by atoms with Crippen molar-refractivity contribution in [3.8, 4) is 0 Å². The van der Waals surface area contributed by atoms with Gasteiger partial charge in [0, 0.05) is 29.5 Å². The first kappa shape index (κ1) is 13.5. The van der Waals surface area contributed by atoms with Crippen molar-refractivity contribution in [2.75, 3.05) is 17.2 Å². The topological polar surface area (TPSA) is 72.3 Å². The van der Waals surface area contributed by atoms with Crippen LogP contribution in [0.4, 0.5) is 11.9 Å². The molecule has 4 rings (SSSR count). The van der Waals surface area contributed by atoms with Gasteiger partial charge >= 0.3 is 0 Å². The molecule has 3 aromatic heterocycles. The second-order valence-electron chi connectivity index (χ2n) is 5.74. The number of aryl methyl sites for hydroxylation is 2. The minimum atomic E-state index is 0.201. The van der Waals surface area contributed by atoms with E-state index in [2.05, 4.69) is 19.9 Å². The Kier molecular flexibility index (Phi) is 3.04. The molecule has 7 heteroatoms. The first-order valence-corrected chi connectivity index (χ1v) is 8.31. The van der Waals surface area contributed by atoms with E-state index >= 15 is 0 Å². The summed E-state index contributed by atoms with van der Waals surface area (Å²) < 4.78 is 1.96. The Morgan fingerprint density at radius 2 is 2.00 bits per heavy atom. The van der Waals surface area contributed by atoms with Crippen LogP contribution in [-0.4, -0.2) is 25.9 Å². The van der Waals surface area contributed by atoms with Crippen LogP contribution in [0.3, 0.4) is 0 Å². The molecule has 0 saturated carbocycles. The number of hydrogen-bond acceptors (Lipinski definition) is 6. The van der Waals surface area contributed by atoms with Gasteiger partial charge in [0.15, 0.2) is 0 Å². The molecule has 0 radical (unpaired) electrons. The molecule has 1 aliphatic rings. The van der Waals surface area contributed by atoms with Crippen LogP contribution in [0.25, 0.3) is 4.83 Å². The van der Waals surface area contributed by atoms with Crippen molar-refractivity contribution in [1.82, 2.24) is 19.4 Å². The highest BCUT2D eigenvalue weighted by molar-refractivity contribution is 7.15. The van der Waals surface area contributed by atoms with Gasteiger partial charge in [-0.25, -0.2) is 15.0 Å². The number of fused-ring (bicyclic) bond motifs is 1. The predicted molar refractivity (Wildman–Crippen MR) is 88.3 cm³/mol. The van der Waals surface area contributed by atoms with Crippen molar-refractivity contribution in [3.63, 3.8) is 0 Å². The van der Waals surface area contributed by atoms with Crippen molar-refractivity contribution < 1.29 is 0 Å². The third kappa shape index (κ3) is 2.04. The zero-order chi connectivity index (χ0) is 15.3. The van der Waals surface area contributed by atoms with Crippen LogP contribution < -0.4 is 10.6 Å². The number of nitrogen functional groups attached to an aromatic ring is 1. The number of rotatable bonds is 2. The number of hydrogen-bond donors (Lipinski definition) is 1. The first-order chi connectivity index (χ1) is 10.6. The Hall–Kier alpha value is -2.15. The molecular formula is C15H18N6S. The smallest absolute Gasteiger partial charge is 0.226 e. The van der Waals surface area contributed by atoms with Gasteiger partial charge in [-0.3, -0.25) is 4.40 Å². The fourth-order valence-electron chi connectivity index (χ4n) is 3.21. The summed E-state index contributed by atoms with van der Waals surface area (Å²) in [6.07, 6.45) is 4.14. The highest BCUT2D eigenvalue weighted by Crippen LogP contribution is 2.37. The second kappa shape index (κ2) is 4.95. The van der Waals surface area contributed by atoms with Crippen molar-refractivity contribution in [2.45, 2.75) is 32.7 Å². The molecule has 0 amide bonds. The highest BCUT2D eigenvalue weighted by atomic mass is 32.1. The van der Waals surface area contributed by atoms with Crippen LogP contribution in [-0.2, 0) is 0 Å². The van der Waals surface area contributed by atoms with E-state index in [9.17, 15) is 0 Å². The molecular weight excluding hydrogens is 296 g/mol. The number of anilines is 2. The second-order valence-corrected chi connectivity index (χ2v) is 6.63. The molecule has 1 saturated heterocycles. The van der Waals surface area contributed by atoms with E-state index in [-0.39, 0.29) is 6.04 Å². The lowest BCUT2D eigenvalue weighted by Crippen LogP contribution is -2.25. The minimum absolute atomic E-state index is 0.201. The average molecular weight is 314 g/mol. The molecule has 0 bridgehead atoms. The van der Waals surface area contributed by atoms with Crippen LogP contribution in [0.15, 0.2) is 17.6 Å². The van der Waals surface area contributed by atoms with Gasteiger partial charge in [-0.2, -0.15) is 0 Å². The van der Waals surface area contributed by atoms with Crippen LogP contribution in [0, 0.1) is 13.8 Å². The molecule has 114 valence electrons. The van der Waals surface area contributed by atoms with Crippen LogP contribution in [0.2, 0.25) is 0 Å². The highest BCUT2D eigenvalue weighted by Gasteiger charge is 2.32. The Labute approximate surface area is 132 Å². The van der Waals surface area contributed by atoms with Gasteiger partial charge in [0.25, 0.3) is 0 Å². The van der Waals surface area contributed by atoms with Crippen molar-refractivity contribution >= 4 is 28.1 Å². The molecule has 1 fully saturated rings. The van der Waals surface area contributed by atoms with Crippen LogP contribution in [0.1, 0.15) is 36.0 Å². The molecule has 22 heavy (non-hydrogen) atoms. The SMILES string of the molecule is Cc1cc(C)nc(N2CCCC2c2nc(N)n3ccsc23)n1. The van der Waals surface area contributed by atoms with Gasteiger partial charge in [0.05, 0.1) is 6.04 Å². The summed E-state index contributed by atoms with van der Waals surface area (Å²) in [7, 11) is 0. The standard InChI is InChI=1S/C15H18N6S/c1-9-8-10(2)18-15(17-9)20-5-3-4-11(20)12-13-21(6-7-22-13)14(16)19-12/h6-8,11H,3-5H2,1-2H3,(H2,16,19). The van der Waals surface area contributed by atoms with Gasteiger partial charge in [-0.15, -0.1) is 11.3 Å². The lowest BCUT2D eigenvalue weighted by atomic mass is 10.1. The Morgan fingerprint density at radius 1 is 1.23 bits per heavy atom. The van der Waals surface area contributed by atoms with Gasteiger partial charge in [-0.05, 0) is 32.8 Å². The van der Waals surface area contributed by atoms with E-state index in [1.54, 1.807) is 11.3 Å². The molecule has 4 heterocycles. The summed E-state index contributed by atoms with van der Waals surface area (Å²) >= 11 is 1.68. The lowest BCUT2D eigenvalue weighted by Gasteiger charge is -2.23. The number of nitrogens with zero attached hydrogens (tertiary/aromatic N) is 5. The maximum Gasteiger partial charge on any atom is 0.226 e. The number of thiazole rings is 1. The third-order valence-electron chi connectivity index (χ3n) is 4.11. The molecule has 0 aromatic carbocycles. The molecule has 1 unspecified atom stereocenters.